The zero-order chi connectivity index (χ0) is 20.8. The van der Waals surface area contributed by atoms with Crippen LogP contribution in [0.25, 0.3) is 11.0 Å². The summed E-state index contributed by atoms with van der Waals surface area (Å²) in [5.74, 6) is -0.348. The number of piperidine rings is 1. The molecule has 0 radical (unpaired) electrons. The molecule has 7 nitrogen and oxygen atoms in total. The molecular weight excluding hydrogens is 405 g/mol. The molecule has 3 N–H and O–H groups in total. The average molecular weight is 424 g/mol. The van der Waals surface area contributed by atoms with Crippen LogP contribution in [0.5, 0.6) is 0 Å². The molecule has 0 unspecified atom stereocenters. The predicted octanol–water partition coefficient (Wildman–Crippen LogP) is 3.62. The highest BCUT2D eigenvalue weighted by atomic mass is 32.1. The van der Waals surface area contributed by atoms with Gasteiger partial charge in [-0.05, 0) is 32.3 Å². The van der Waals surface area contributed by atoms with Crippen LogP contribution in [0.4, 0.5) is 19.0 Å². The summed E-state index contributed by atoms with van der Waals surface area (Å²) >= 11 is 1.46. The van der Waals surface area contributed by atoms with Crippen molar-refractivity contribution in [3.05, 3.63) is 33.4 Å². The summed E-state index contributed by atoms with van der Waals surface area (Å²) in [6, 6.07) is 0.455. The summed E-state index contributed by atoms with van der Waals surface area (Å²) in [5.41, 5.74) is 5.50. The van der Waals surface area contributed by atoms with Crippen molar-refractivity contribution in [2.75, 3.05) is 12.3 Å². The minimum absolute atomic E-state index is 0.0968. The number of nitrogen functional groups attached to an aromatic ring is 1. The fourth-order valence-corrected chi connectivity index (χ4v) is 4.36. The first-order valence-corrected chi connectivity index (χ1v) is 10.0. The fourth-order valence-electron chi connectivity index (χ4n) is 3.74. The van der Waals surface area contributed by atoms with Gasteiger partial charge in [0.05, 0.1) is 39.8 Å². The van der Waals surface area contributed by atoms with Crippen LogP contribution >= 0.6 is 11.3 Å². The number of carbonyl (C=O) groups excluding carboxylic acids is 1. The maximum absolute atomic E-state index is 13.7. The van der Waals surface area contributed by atoms with Crippen LogP contribution in [-0.2, 0) is 17.4 Å². The van der Waals surface area contributed by atoms with E-state index in [-0.39, 0.29) is 34.9 Å². The van der Waals surface area contributed by atoms with Crippen LogP contribution in [0.1, 0.15) is 47.3 Å². The lowest BCUT2D eigenvalue weighted by Crippen LogP contribution is -2.40. The lowest BCUT2D eigenvalue weighted by Gasteiger charge is -2.35. The maximum atomic E-state index is 13.7. The first-order chi connectivity index (χ1) is 13.7. The van der Waals surface area contributed by atoms with Gasteiger partial charge < -0.3 is 10.6 Å². The Morgan fingerprint density at radius 1 is 1.38 bits per heavy atom. The highest BCUT2D eigenvalue weighted by molar-refractivity contribution is 7.09. The molecule has 0 spiro atoms. The van der Waals surface area contributed by atoms with Crippen LogP contribution in [-0.4, -0.2) is 37.5 Å². The highest BCUT2D eigenvalue weighted by Gasteiger charge is 2.37. The average Bonchev–Trinajstić information content (AvgIpc) is 3.25. The molecule has 1 aliphatic heterocycles. The van der Waals surface area contributed by atoms with E-state index in [0.717, 1.165) is 23.9 Å². The Morgan fingerprint density at radius 3 is 2.86 bits per heavy atom. The summed E-state index contributed by atoms with van der Waals surface area (Å²) in [7, 11) is 0. The number of fused-ring (bicyclic) bond motifs is 1. The number of hydrogen-bond donors (Lipinski definition) is 2. The number of aromatic amines is 1. The standard InChI is InChI=1S/C18H19F3N6OS/c1-9-23-10(8-29-9)6-14(28)27-5-3-2-4-13(27)12-7-11(18(19,20)21)15-16(22)25-26-17(15)24-12/h7-8,13H,2-6H2,1H3,(H3,22,24,25,26)/t13-/m1/s1. The van der Waals surface area contributed by atoms with Gasteiger partial charge in [-0.2, -0.15) is 18.3 Å². The number of anilines is 1. The van der Waals surface area contributed by atoms with E-state index in [0.29, 0.717) is 18.7 Å². The lowest BCUT2D eigenvalue weighted by molar-refractivity contribution is -0.136. The van der Waals surface area contributed by atoms with Gasteiger partial charge in [0.2, 0.25) is 5.91 Å². The number of amides is 1. The lowest BCUT2D eigenvalue weighted by atomic mass is 9.96. The molecule has 4 heterocycles. The van der Waals surface area contributed by atoms with Gasteiger partial charge in [-0.1, -0.05) is 0 Å². The van der Waals surface area contributed by atoms with Gasteiger partial charge in [-0.15, -0.1) is 11.3 Å². The second kappa shape index (κ2) is 7.29. The van der Waals surface area contributed by atoms with Gasteiger partial charge in [0.15, 0.2) is 5.65 Å². The molecule has 1 atom stereocenters. The fraction of sp³-hybridized carbons (Fsp3) is 0.444. The van der Waals surface area contributed by atoms with E-state index < -0.39 is 17.8 Å². The highest BCUT2D eigenvalue weighted by Crippen LogP contribution is 2.39. The first kappa shape index (κ1) is 19.6. The van der Waals surface area contributed by atoms with Crippen molar-refractivity contribution in [1.82, 2.24) is 25.1 Å². The van der Waals surface area contributed by atoms with Crippen LogP contribution in [0.2, 0.25) is 0 Å². The Kier molecular flexibility index (Phi) is 4.93. The molecule has 1 fully saturated rings. The van der Waals surface area contributed by atoms with Gasteiger partial charge in [-0.3, -0.25) is 9.89 Å². The molecule has 0 bridgehead atoms. The monoisotopic (exact) mass is 424 g/mol. The van der Waals surface area contributed by atoms with E-state index in [1.807, 2.05) is 12.3 Å². The molecule has 3 aromatic heterocycles. The molecule has 11 heteroatoms. The number of pyridine rings is 1. The number of carbonyl (C=O) groups is 1. The Morgan fingerprint density at radius 2 is 2.17 bits per heavy atom. The van der Waals surface area contributed by atoms with E-state index in [2.05, 4.69) is 20.2 Å². The summed E-state index contributed by atoms with van der Waals surface area (Å²) in [5, 5.41) is 8.62. The SMILES string of the molecule is Cc1nc(CC(=O)N2CCCC[C@@H]2c2cc(C(F)(F)F)c3c(N)[nH]nc3n2)cs1. The summed E-state index contributed by atoms with van der Waals surface area (Å²) in [6.07, 6.45) is -2.37. The number of alkyl halides is 3. The zero-order valence-electron chi connectivity index (χ0n) is 15.6. The maximum Gasteiger partial charge on any atom is 0.417 e. The number of H-pyrrole nitrogens is 1. The van der Waals surface area contributed by atoms with Crippen molar-refractivity contribution in [1.29, 1.82) is 0 Å². The summed E-state index contributed by atoms with van der Waals surface area (Å²) in [6.45, 7) is 2.33. The number of likely N-dealkylation sites (tertiary alicyclic amines) is 1. The molecule has 0 aliphatic carbocycles. The predicted molar refractivity (Wildman–Crippen MR) is 102 cm³/mol. The first-order valence-electron chi connectivity index (χ1n) is 9.16. The molecule has 1 aliphatic rings. The molecule has 154 valence electrons. The molecule has 1 amide bonds. The Bertz CT molecular complexity index is 1060. The van der Waals surface area contributed by atoms with Gasteiger partial charge in [-0.25, -0.2) is 9.97 Å². The molecule has 4 rings (SSSR count). The smallest absolute Gasteiger partial charge is 0.383 e. The van der Waals surface area contributed by atoms with Crippen molar-refractivity contribution in [2.45, 2.75) is 44.8 Å². The molecule has 29 heavy (non-hydrogen) atoms. The third-order valence-corrected chi connectivity index (χ3v) is 5.86. The Labute approximate surface area is 168 Å². The van der Waals surface area contributed by atoms with E-state index in [1.165, 1.54) is 11.3 Å². The van der Waals surface area contributed by atoms with E-state index in [1.54, 1.807) is 4.90 Å². The van der Waals surface area contributed by atoms with Crippen LogP contribution in [0.3, 0.4) is 0 Å². The molecule has 0 aromatic carbocycles. The molecule has 0 saturated carbocycles. The van der Waals surface area contributed by atoms with E-state index in [4.69, 9.17) is 5.73 Å². The van der Waals surface area contributed by atoms with Gasteiger partial charge >= 0.3 is 6.18 Å². The molecule has 1 saturated heterocycles. The van der Waals surface area contributed by atoms with Crippen molar-refractivity contribution >= 4 is 34.1 Å². The van der Waals surface area contributed by atoms with E-state index >= 15 is 0 Å². The van der Waals surface area contributed by atoms with Crippen molar-refractivity contribution in [3.63, 3.8) is 0 Å². The number of aryl methyl sites for hydroxylation is 1. The Hall–Kier alpha value is -2.69. The third kappa shape index (κ3) is 3.78. The zero-order valence-corrected chi connectivity index (χ0v) is 16.4. The minimum atomic E-state index is -4.62. The topological polar surface area (TPSA) is 101 Å². The number of nitrogens with zero attached hydrogens (tertiary/aromatic N) is 4. The number of hydrogen-bond acceptors (Lipinski definition) is 6. The van der Waals surface area contributed by atoms with Crippen molar-refractivity contribution in [3.8, 4) is 0 Å². The van der Waals surface area contributed by atoms with Crippen molar-refractivity contribution in [2.24, 2.45) is 0 Å². The number of nitrogens with two attached hydrogens (primary N) is 1. The number of nitrogens with one attached hydrogen (secondary N) is 1. The van der Waals surface area contributed by atoms with Gasteiger partial charge in [0.1, 0.15) is 5.82 Å². The van der Waals surface area contributed by atoms with Crippen LogP contribution < -0.4 is 5.73 Å². The number of halogens is 3. The summed E-state index contributed by atoms with van der Waals surface area (Å²) in [4.78, 5) is 23.1. The van der Waals surface area contributed by atoms with Crippen LogP contribution in [0, 0.1) is 6.92 Å². The largest absolute Gasteiger partial charge is 0.417 e. The van der Waals surface area contributed by atoms with Crippen molar-refractivity contribution < 1.29 is 18.0 Å². The number of aromatic nitrogens is 4. The number of rotatable bonds is 3. The minimum Gasteiger partial charge on any atom is -0.383 e. The molecular formula is C18H19F3N6OS. The van der Waals surface area contributed by atoms with Gasteiger partial charge in [0.25, 0.3) is 0 Å². The number of thiazole rings is 1. The van der Waals surface area contributed by atoms with Gasteiger partial charge in [0, 0.05) is 11.9 Å². The third-order valence-electron chi connectivity index (χ3n) is 5.04. The molecule has 3 aromatic rings. The summed E-state index contributed by atoms with van der Waals surface area (Å²) < 4.78 is 41.0. The second-order valence-corrected chi connectivity index (χ2v) is 8.12. The van der Waals surface area contributed by atoms with E-state index in [9.17, 15) is 18.0 Å². The Balaban J connectivity index is 1.71. The van der Waals surface area contributed by atoms with Crippen LogP contribution in [0.15, 0.2) is 11.4 Å². The second-order valence-electron chi connectivity index (χ2n) is 7.06. The normalized spacial score (nSPS) is 17.8. The quantitative estimate of drug-likeness (QED) is 0.669.